The average molecular weight is 290 g/mol. The van der Waals surface area contributed by atoms with E-state index in [0.717, 1.165) is 0 Å². The first-order chi connectivity index (χ1) is 9.54. The van der Waals surface area contributed by atoms with Crippen LogP contribution in [0, 0.1) is 0 Å². The average Bonchev–Trinajstić information content (AvgIpc) is 2.82. The Morgan fingerprint density at radius 1 is 1.25 bits per heavy atom. The summed E-state index contributed by atoms with van der Waals surface area (Å²) in [6.07, 6.45) is 4.52. The molecule has 3 rings (SSSR count). The first-order valence-electron chi connectivity index (χ1n) is 5.57. The number of imidazole rings is 1. The Bertz CT molecular complexity index is 873. The van der Waals surface area contributed by atoms with Crippen LogP contribution in [0.1, 0.15) is 0 Å². The number of hydrogen-bond acceptors (Lipinski definition) is 6. The summed E-state index contributed by atoms with van der Waals surface area (Å²) in [5.74, 6) is 0. The van der Waals surface area contributed by atoms with Crippen molar-refractivity contribution in [3.63, 3.8) is 0 Å². The summed E-state index contributed by atoms with van der Waals surface area (Å²) in [5, 5.41) is 5.09. The fraction of sp³-hybridized carbons (Fsp3) is 0. The van der Waals surface area contributed by atoms with Crippen LogP contribution in [0.2, 0.25) is 0 Å². The monoisotopic (exact) mass is 290 g/mol. The van der Waals surface area contributed by atoms with E-state index in [1.807, 2.05) is 0 Å². The molecule has 0 bridgehead atoms. The normalized spacial score (nSPS) is 11.7. The Morgan fingerprint density at radius 3 is 2.90 bits per heavy atom. The van der Waals surface area contributed by atoms with Gasteiger partial charge in [-0.25, -0.2) is 33.2 Å². The number of benzene rings is 1. The first-order valence-corrected chi connectivity index (χ1v) is 7.11. The van der Waals surface area contributed by atoms with Gasteiger partial charge in [-0.3, -0.25) is 5.43 Å². The quantitative estimate of drug-likeness (QED) is 0.719. The highest BCUT2D eigenvalue weighted by atomic mass is 32.2. The fourth-order valence-electron chi connectivity index (χ4n) is 1.73. The molecule has 1 aromatic carbocycles. The van der Waals surface area contributed by atoms with E-state index in [1.165, 1.54) is 24.8 Å². The summed E-state index contributed by atoms with van der Waals surface area (Å²) in [6.45, 7) is 0. The van der Waals surface area contributed by atoms with Gasteiger partial charge >= 0.3 is 0 Å². The highest BCUT2D eigenvalue weighted by Crippen LogP contribution is 2.15. The number of fused-ring (bicyclic) bond motifs is 1. The molecule has 0 aliphatic rings. The van der Waals surface area contributed by atoms with Crippen molar-refractivity contribution in [3.8, 4) is 0 Å². The Labute approximate surface area is 114 Å². The van der Waals surface area contributed by atoms with Crippen LogP contribution in [-0.2, 0) is 10.0 Å². The molecule has 0 fully saturated rings. The maximum absolute atomic E-state index is 11.3. The molecule has 0 aliphatic heterocycles. The number of nitrogens with two attached hydrogens (primary N) is 1. The molecule has 0 unspecified atom stereocenters. The lowest BCUT2D eigenvalue weighted by atomic mass is 10.3. The summed E-state index contributed by atoms with van der Waals surface area (Å²) < 4.78 is 24.2. The van der Waals surface area contributed by atoms with E-state index in [1.54, 1.807) is 23.0 Å². The van der Waals surface area contributed by atoms with Gasteiger partial charge < -0.3 is 0 Å². The van der Waals surface area contributed by atoms with Crippen LogP contribution < -0.4 is 10.6 Å². The van der Waals surface area contributed by atoms with Crippen LogP contribution in [0.25, 0.3) is 11.2 Å². The number of hydrogen-bond donors (Lipinski definition) is 2. The van der Waals surface area contributed by atoms with Crippen LogP contribution in [0.15, 0.2) is 48.0 Å². The molecule has 2 heterocycles. The van der Waals surface area contributed by atoms with Crippen molar-refractivity contribution in [2.24, 2.45) is 5.14 Å². The van der Waals surface area contributed by atoms with Gasteiger partial charge in [-0.05, 0) is 18.2 Å². The summed E-state index contributed by atoms with van der Waals surface area (Å²) in [7, 11) is -3.74. The SMILES string of the molecule is NS(=O)(=O)c1cccc(Nn2cnc3cncnc32)c1. The van der Waals surface area contributed by atoms with Crippen molar-refractivity contribution in [3.05, 3.63) is 43.1 Å². The molecule has 0 amide bonds. The molecule has 0 atom stereocenters. The minimum absolute atomic E-state index is 0.0292. The van der Waals surface area contributed by atoms with Crippen LogP contribution in [0.5, 0.6) is 0 Å². The molecular formula is C11H10N6O2S. The maximum atomic E-state index is 11.3. The molecule has 0 saturated carbocycles. The number of aromatic nitrogens is 4. The lowest BCUT2D eigenvalue weighted by molar-refractivity contribution is 0.598. The van der Waals surface area contributed by atoms with E-state index >= 15 is 0 Å². The van der Waals surface area contributed by atoms with Crippen LogP contribution in [0.4, 0.5) is 5.69 Å². The van der Waals surface area contributed by atoms with Crippen molar-refractivity contribution in [2.75, 3.05) is 5.43 Å². The van der Waals surface area contributed by atoms with Gasteiger partial charge in [-0.1, -0.05) is 6.07 Å². The third-order valence-corrected chi connectivity index (χ3v) is 3.54. The zero-order valence-corrected chi connectivity index (χ0v) is 10.9. The molecule has 0 radical (unpaired) electrons. The number of nitrogens with one attached hydrogen (secondary N) is 1. The second-order valence-corrected chi connectivity index (χ2v) is 5.59. The molecule has 0 aliphatic carbocycles. The van der Waals surface area contributed by atoms with Crippen LogP contribution in [-0.4, -0.2) is 28.0 Å². The summed E-state index contributed by atoms with van der Waals surface area (Å²) in [5.41, 5.74) is 4.75. The molecule has 0 saturated heterocycles. The lowest BCUT2D eigenvalue weighted by Crippen LogP contribution is -2.13. The van der Waals surface area contributed by atoms with Crippen LogP contribution in [0.3, 0.4) is 0 Å². The van der Waals surface area contributed by atoms with Gasteiger partial charge in [0.05, 0.1) is 16.8 Å². The number of sulfonamides is 1. The van der Waals surface area contributed by atoms with E-state index in [2.05, 4.69) is 20.4 Å². The van der Waals surface area contributed by atoms with Crippen molar-refractivity contribution < 1.29 is 8.42 Å². The molecule has 8 nitrogen and oxygen atoms in total. The van der Waals surface area contributed by atoms with Crippen molar-refractivity contribution in [2.45, 2.75) is 4.90 Å². The molecule has 2 aromatic heterocycles. The summed E-state index contributed by atoms with van der Waals surface area (Å²) in [6, 6.07) is 6.16. The first kappa shape index (κ1) is 12.5. The van der Waals surface area contributed by atoms with E-state index in [4.69, 9.17) is 5.14 Å². The Balaban J connectivity index is 1.99. The summed E-state index contributed by atoms with van der Waals surface area (Å²) in [4.78, 5) is 12.1. The van der Waals surface area contributed by atoms with Gasteiger partial charge in [0.15, 0.2) is 5.65 Å². The van der Waals surface area contributed by atoms with E-state index in [-0.39, 0.29) is 4.90 Å². The molecular weight excluding hydrogens is 280 g/mol. The van der Waals surface area contributed by atoms with Crippen molar-refractivity contribution in [1.82, 2.24) is 19.6 Å². The minimum atomic E-state index is -3.74. The zero-order chi connectivity index (χ0) is 14.2. The van der Waals surface area contributed by atoms with E-state index in [0.29, 0.717) is 16.9 Å². The van der Waals surface area contributed by atoms with E-state index in [9.17, 15) is 8.42 Å². The lowest BCUT2D eigenvalue weighted by Gasteiger charge is -2.08. The predicted octanol–water partition coefficient (Wildman–Crippen LogP) is 0.349. The Morgan fingerprint density at radius 2 is 2.10 bits per heavy atom. The van der Waals surface area contributed by atoms with Gasteiger partial charge in [-0.15, -0.1) is 0 Å². The van der Waals surface area contributed by atoms with E-state index < -0.39 is 10.0 Å². The molecule has 102 valence electrons. The van der Waals surface area contributed by atoms with Gasteiger partial charge in [0.2, 0.25) is 10.0 Å². The van der Waals surface area contributed by atoms with Gasteiger partial charge in [0.25, 0.3) is 0 Å². The highest BCUT2D eigenvalue weighted by Gasteiger charge is 2.09. The Hall–Kier alpha value is -2.52. The standard InChI is InChI=1S/C11H10N6O2S/c12-20(18,19)9-3-1-2-8(4-9)16-17-7-15-10-5-13-6-14-11(10)17/h1-7,16H,(H2,12,18,19). The molecule has 9 heteroatoms. The van der Waals surface area contributed by atoms with Gasteiger partial charge in [0.1, 0.15) is 18.2 Å². The number of anilines is 1. The Kier molecular flexibility index (Phi) is 2.84. The third kappa shape index (κ3) is 2.31. The fourth-order valence-corrected chi connectivity index (χ4v) is 2.29. The predicted molar refractivity (Wildman–Crippen MR) is 72.2 cm³/mol. The smallest absolute Gasteiger partial charge is 0.238 e. The highest BCUT2D eigenvalue weighted by molar-refractivity contribution is 7.89. The third-order valence-electron chi connectivity index (χ3n) is 2.63. The number of primary sulfonamides is 1. The molecule has 3 N–H and O–H groups in total. The van der Waals surface area contributed by atoms with Crippen LogP contribution >= 0.6 is 0 Å². The van der Waals surface area contributed by atoms with Crippen molar-refractivity contribution in [1.29, 1.82) is 0 Å². The number of rotatable bonds is 3. The number of nitrogens with zero attached hydrogens (tertiary/aromatic N) is 4. The molecule has 3 aromatic rings. The second kappa shape index (κ2) is 4.54. The molecule has 0 spiro atoms. The maximum Gasteiger partial charge on any atom is 0.238 e. The topological polar surface area (TPSA) is 116 Å². The van der Waals surface area contributed by atoms with Gasteiger partial charge in [-0.2, -0.15) is 0 Å². The minimum Gasteiger partial charge on any atom is -0.291 e. The molecule has 20 heavy (non-hydrogen) atoms. The van der Waals surface area contributed by atoms with Crippen molar-refractivity contribution >= 4 is 26.9 Å². The zero-order valence-electron chi connectivity index (χ0n) is 10.1. The second-order valence-electron chi connectivity index (χ2n) is 4.03. The largest absolute Gasteiger partial charge is 0.291 e. The summed E-state index contributed by atoms with van der Waals surface area (Å²) >= 11 is 0. The van der Waals surface area contributed by atoms with Gasteiger partial charge in [0, 0.05) is 0 Å².